The summed E-state index contributed by atoms with van der Waals surface area (Å²) in [5.74, 6) is -0.516. The first-order valence-corrected chi connectivity index (χ1v) is 12.3. The molecule has 3 rings (SSSR count). The normalized spacial score (nSPS) is 12.3. The molecule has 1 atom stereocenters. The van der Waals surface area contributed by atoms with E-state index in [1.807, 2.05) is 6.92 Å². The number of aromatic hydroxyl groups is 1. The number of aryl methyl sites for hydroxylation is 1. The van der Waals surface area contributed by atoms with Crippen LogP contribution in [0.1, 0.15) is 49.7 Å². The number of hydrogen-bond acceptors (Lipinski definition) is 6. The second-order valence-electron chi connectivity index (χ2n) is 7.33. The molecule has 0 aliphatic rings. The SMILES string of the molecule is CCCCc1nc(O)c(S(=O)(=O)c2ccc(Br)cc2)c(=O)n1C(C)c1cccc(C#N)c1. The summed E-state index contributed by atoms with van der Waals surface area (Å²) in [5, 5.41) is 19.8. The molecule has 2 aromatic carbocycles. The van der Waals surface area contributed by atoms with E-state index in [-0.39, 0.29) is 4.90 Å². The van der Waals surface area contributed by atoms with Crippen LogP contribution in [-0.4, -0.2) is 23.1 Å². The summed E-state index contributed by atoms with van der Waals surface area (Å²) >= 11 is 3.25. The largest absolute Gasteiger partial charge is 0.492 e. The van der Waals surface area contributed by atoms with Crippen molar-refractivity contribution in [3.8, 4) is 11.9 Å². The molecule has 0 aliphatic heterocycles. The minimum Gasteiger partial charge on any atom is -0.492 e. The van der Waals surface area contributed by atoms with Crippen molar-refractivity contribution >= 4 is 25.8 Å². The van der Waals surface area contributed by atoms with Crippen molar-refractivity contribution in [1.29, 1.82) is 5.26 Å². The van der Waals surface area contributed by atoms with Crippen LogP contribution >= 0.6 is 15.9 Å². The summed E-state index contributed by atoms with van der Waals surface area (Å²) in [4.78, 5) is 16.8. The molecule has 0 saturated carbocycles. The fraction of sp³-hybridized carbons (Fsp3) is 0.261. The number of unbranched alkanes of at least 4 members (excludes halogenated alkanes) is 1. The van der Waals surface area contributed by atoms with Gasteiger partial charge in [-0.3, -0.25) is 9.36 Å². The molecule has 0 saturated heterocycles. The Kier molecular flexibility index (Phi) is 7.16. The third-order valence-corrected chi connectivity index (χ3v) is 7.48. The Morgan fingerprint density at radius 2 is 1.91 bits per heavy atom. The molecule has 166 valence electrons. The van der Waals surface area contributed by atoms with Gasteiger partial charge < -0.3 is 5.11 Å². The third kappa shape index (κ3) is 4.61. The van der Waals surface area contributed by atoms with Crippen molar-refractivity contribution in [2.24, 2.45) is 0 Å². The van der Waals surface area contributed by atoms with Gasteiger partial charge in [-0.2, -0.15) is 10.2 Å². The maximum Gasteiger partial charge on any atom is 0.277 e. The molecule has 0 bridgehead atoms. The van der Waals surface area contributed by atoms with Gasteiger partial charge in [-0.25, -0.2) is 8.42 Å². The standard InChI is InChI=1S/C23H22BrN3O4S/c1-3-4-8-20-26-22(28)21(32(30,31)19-11-9-18(24)10-12-19)23(29)27(20)15(2)17-7-5-6-16(13-17)14-25/h5-7,9-13,15,28H,3-4,8H2,1-2H3. The Morgan fingerprint density at radius 1 is 1.22 bits per heavy atom. The number of aromatic nitrogens is 2. The molecular weight excluding hydrogens is 494 g/mol. The molecule has 1 heterocycles. The van der Waals surface area contributed by atoms with E-state index in [1.54, 1.807) is 43.3 Å². The number of hydrogen-bond donors (Lipinski definition) is 1. The molecule has 0 radical (unpaired) electrons. The van der Waals surface area contributed by atoms with Crippen LogP contribution in [0.25, 0.3) is 0 Å². The molecule has 0 spiro atoms. The highest BCUT2D eigenvalue weighted by molar-refractivity contribution is 9.10. The smallest absolute Gasteiger partial charge is 0.277 e. The summed E-state index contributed by atoms with van der Waals surface area (Å²) in [6, 6.07) is 14.0. The number of halogens is 1. The van der Waals surface area contributed by atoms with Crippen molar-refractivity contribution in [1.82, 2.24) is 9.55 Å². The lowest BCUT2D eigenvalue weighted by atomic mass is 10.0. The highest BCUT2D eigenvalue weighted by Gasteiger charge is 2.31. The van der Waals surface area contributed by atoms with Crippen LogP contribution in [0.5, 0.6) is 5.88 Å². The maximum atomic E-state index is 13.5. The fourth-order valence-electron chi connectivity index (χ4n) is 3.44. The van der Waals surface area contributed by atoms with E-state index in [4.69, 9.17) is 0 Å². The number of nitriles is 1. The van der Waals surface area contributed by atoms with E-state index in [0.29, 0.717) is 34.3 Å². The predicted molar refractivity (Wildman–Crippen MR) is 123 cm³/mol. The van der Waals surface area contributed by atoms with Crippen LogP contribution in [-0.2, 0) is 16.3 Å². The van der Waals surface area contributed by atoms with Crippen LogP contribution in [0.2, 0.25) is 0 Å². The van der Waals surface area contributed by atoms with Crippen LogP contribution in [0.3, 0.4) is 0 Å². The zero-order valence-electron chi connectivity index (χ0n) is 17.6. The number of rotatable bonds is 7. The topological polar surface area (TPSA) is 113 Å². The van der Waals surface area contributed by atoms with Gasteiger partial charge in [-0.1, -0.05) is 41.4 Å². The lowest BCUT2D eigenvalue weighted by Gasteiger charge is -2.21. The minimum atomic E-state index is -4.32. The molecule has 3 aromatic rings. The average molecular weight is 516 g/mol. The van der Waals surface area contributed by atoms with Crippen molar-refractivity contribution in [3.05, 3.63) is 80.3 Å². The first-order valence-electron chi connectivity index (χ1n) is 10.1. The summed E-state index contributed by atoms with van der Waals surface area (Å²) in [6.45, 7) is 3.72. The average Bonchev–Trinajstić information content (AvgIpc) is 2.77. The van der Waals surface area contributed by atoms with Gasteiger partial charge in [-0.15, -0.1) is 0 Å². The number of sulfone groups is 1. The first-order chi connectivity index (χ1) is 15.2. The minimum absolute atomic E-state index is 0.123. The number of benzene rings is 2. The lowest BCUT2D eigenvalue weighted by molar-refractivity contribution is 0.412. The molecular formula is C23H22BrN3O4S. The summed E-state index contributed by atoms with van der Waals surface area (Å²) < 4.78 is 28.5. The second-order valence-corrected chi connectivity index (χ2v) is 10.1. The molecule has 1 N–H and O–H groups in total. The zero-order chi connectivity index (χ0) is 23.5. The lowest BCUT2D eigenvalue weighted by Crippen LogP contribution is -2.32. The van der Waals surface area contributed by atoms with Gasteiger partial charge in [0.25, 0.3) is 5.56 Å². The van der Waals surface area contributed by atoms with Crippen molar-refractivity contribution in [3.63, 3.8) is 0 Å². The molecule has 0 aliphatic carbocycles. The van der Waals surface area contributed by atoms with Gasteiger partial charge in [0.2, 0.25) is 15.7 Å². The quantitative estimate of drug-likeness (QED) is 0.499. The van der Waals surface area contributed by atoms with Crippen LogP contribution in [0.4, 0.5) is 0 Å². The van der Waals surface area contributed by atoms with Gasteiger partial charge >= 0.3 is 0 Å². The number of nitrogens with zero attached hydrogens (tertiary/aromatic N) is 3. The monoisotopic (exact) mass is 515 g/mol. The molecule has 9 heteroatoms. The van der Waals surface area contributed by atoms with Crippen LogP contribution in [0.15, 0.2) is 67.6 Å². The summed E-state index contributed by atoms with van der Waals surface area (Å²) in [7, 11) is -4.32. The van der Waals surface area contributed by atoms with E-state index in [0.717, 1.165) is 6.42 Å². The first kappa shape index (κ1) is 23.7. The van der Waals surface area contributed by atoms with Crippen molar-refractivity contribution in [2.45, 2.75) is 48.9 Å². The molecule has 0 amide bonds. The summed E-state index contributed by atoms with van der Waals surface area (Å²) in [6.07, 6.45) is 1.92. The third-order valence-electron chi connectivity index (χ3n) is 5.16. The maximum absolute atomic E-state index is 13.5. The van der Waals surface area contributed by atoms with E-state index < -0.39 is 32.2 Å². The fourth-order valence-corrected chi connectivity index (χ4v) is 5.05. The Bertz CT molecular complexity index is 1340. The Balaban J connectivity index is 2.26. The molecule has 32 heavy (non-hydrogen) atoms. The zero-order valence-corrected chi connectivity index (χ0v) is 20.0. The van der Waals surface area contributed by atoms with Gasteiger partial charge in [0, 0.05) is 10.9 Å². The van der Waals surface area contributed by atoms with Crippen LogP contribution in [0, 0.1) is 11.3 Å². The summed E-state index contributed by atoms with van der Waals surface area (Å²) in [5.41, 5.74) is 0.233. The Hall–Kier alpha value is -2.96. The van der Waals surface area contributed by atoms with Crippen molar-refractivity contribution in [2.75, 3.05) is 0 Å². The van der Waals surface area contributed by atoms with E-state index in [2.05, 4.69) is 27.0 Å². The second kappa shape index (κ2) is 9.67. The van der Waals surface area contributed by atoms with Crippen LogP contribution < -0.4 is 5.56 Å². The Labute approximate surface area is 195 Å². The molecule has 7 nitrogen and oxygen atoms in total. The highest BCUT2D eigenvalue weighted by atomic mass is 79.9. The van der Waals surface area contributed by atoms with Gasteiger partial charge in [0.1, 0.15) is 5.82 Å². The predicted octanol–water partition coefficient (Wildman–Crippen LogP) is 4.37. The molecule has 0 fully saturated rings. The Morgan fingerprint density at radius 3 is 2.53 bits per heavy atom. The van der Waals surface area contributed by atoms with E-state index >= 15 is 0 Å². The van der Waals surface area contributed by atoms with Crippen molar-refractivity contribution < 1.29 is 13.5 Å². The van der Waals surface area contributed by atoms with Gasteiger partial charge in [0.05, 0.1) is 22.6 Å². The molecule has 1 unspecified atom stereocenters. The van der Waals surface area contributed by atoms with Gasteiger partial charge in [-0.05, 0) is 55.3 Å². The molecule has 1 aromatic heterocycles. The highest BCUT2D eigenvalue weighted by Crippen LogP contribution is 2.28. The van der Waals surface area contributed by atoms with E-state index in [1.165, 1.54) is 16.7 Å². The van der Waals surface area contributed by atoms with Gasteiger partial charge in [0.15, 0.2) is 4.90 Å². The van der Waals surface area contributed by atoms with E-state index in [9.17, 15) is 23.6 Å².